The first-order valence-electron chi connectivity index (χ1n) is 8.44. The van der Waals surface area contributed by atoms with Crippen LogP contribution in [0.1, 0.15) is 31.7 Å². The van der Waals surface area contributed by atoms with Gasteiger partial charge in [0.15, 0.2) is 11.6 Å². The molecule has 1 aromatic heterocycles. The number of rotatable bonds is 6. The highest BCUT2D eigenvalue weighted by Crippen LogP contribution is 2.26. The summed E-state index contributed by atoms with van der Waals surface area (Å²) in [6.45, 7) is 1.76. The standard InChI is InChI=1S/C17H23F2N3O2S/c1-10(22-25(23,24)9-11-2-3-13(20)5-11)4-12-8-21-17-7-16(19)15(18)6-14(12)17/h6-8,10-11,13,21-22H,2-5,9,20H2,1H3/t10?,11-,13+/m1/s1. The third-order valence-electron chi connectivity index (χ3n) is 4.75. The second kappa shape index (κ2) is 7.01. The molecule has 0 amide bonds. The number of aromatic amines is 1. The number of halogens is 2. The Morgan fingerprint density at radius 3 is 2.72 bits per heavy atom. The van der Waals surface area contributed by atoms with E-state index in [-0.39, 0.29) is 23.8 Å². The first kappa shape index (κ1) is 18.3. The fourth-order valence-electron chi connectivity index (χ4n) is 3.64. The molecule has 1 aliphatic rings. The molecular formula is C17H23F2N3O2S. The number of aromatic nitrogens is 1. The van der Waals surface area contributed by atoms with E-state index < -0.39 is 21.7 Å². The quantitative estimate of drug-likeness (QED) is 0.729. The number of nitrogens with two attached hydrogens (primary N) is 1. The van der Waals surface area contributed by atoms with Gasteiger partial charge in [0.2, 0.25) is 10.0 Å². The molecule has 5 nitrogen and oxygen atoms in total. The minimum atomic E-state index is -3.41. The largest absolute Gasteiger partial charge is 0.361 e. The lowest BCUT2D eigenvalue weighted by atomic mass is 10.1. The van der Waals surface area contributed by atoms with E-state index in [2.05, 4.69) is 9.71 Å². The summed E-state index contributed by atoms with van der Waals surface area (Å²) in [4.78, 5) is 2.89. The minimum Gasteiger partial charge on any atom is -0.361 e. The second-order valence-corrected chi connectivity index (χ2v) is 8.87. The Bertz CT molecular complexity index is 866. The number of fused-ring (bicyclic) bond motifs is 1. The van der Waals surface area contributed by atoms with Gasteiger partial charge in [-0.15, -0.1) is 0 Å². The van der Waals surface area contributed by atoms with Crippen LogP contribution in [0.2, 0.25) is 0 Å². The average Bonchev–Trinajstić information content (AvgIpc) is 3.05. The molecule has 4 N–H and O–H groups in total. The van der Waals surface area contributed by atoms with Crippen molar-refractivity contribution >= 4 is 20.9 Å². The summed E-state index contributed by atoms with van der Waals surface area (Å²) in [5, 5.41) is 0.562. The lowest BCUT2D eigenvalue weighted by Crippen LogP contribution is -2.37. The molecule has 1 fully saturated rings. The molecule has 0 aliphatic heterocycles. The summed E-state index contributed by atoms with van der Waals surface area (Å²) in [7, 11) is -3.41. The molecule has 1 heterocycles. The van der Waals surface area contributed by atoms with Gasteiger partial charge in [-0.1, -0.05) is 0 Å². The minimum absolute atomic E-state index is 0.0821. The van der Waals surface area contributed by atoms with E-state index in [1.54, 1.807) is 13.1 Å². The molecule has 1 saturated carbocycles. The topological polar surface area (TPSA) is 88.0 Å². The zero-order chi connectivity index (χ0) is 18.2. The van der Waals surface area contributed by atoms with Crippen molar-refractivity contribution in [3.63, 3.8) is 0 Å². The van der Waals surface area contributed by atoms with E-state index in [0.717, 1.165) is 37.0 Å². The molecule has 25 heavy (non-hydrogen) atoms. The summed E-state index contributed by atoms with van der Waals surface area (Å²) in [6, 6.07) is 1.98. The van der Waals surface area contributed by atoms with Crippen LogP contribution in [-0.2, 0) is 16.4 Å². The fraction of sp³-hybridized carbons (Fsp3) is 0.529. The summed E-state index contributed by atoms with van der Waals surface area (Å²) in [5.74, 6) is -1.65. The summed E-state index contributed by atoms with van der Waals surface area (Å²) in [5.41, 5.74) is 7.07. The lowest BCUT2D eigenvalue weighted by Gasteiger charge is -2.16. The van der Waals surface area contributed by atoms with Crippen molar-refractivity contribution in [1.82, 2.24) is 9.71 Å². The highest BCUT2D eigenvalue weighted by molar-refractivity contribution is 7.89. The van der Waals surface area contributed by atoms with Crippen molar-refractivity contribution in [1.29, 1.82) is 0 Å². The fourth-order valence-corrected chi connectivity index (χ4v) is 5.36. The number of sulfonamides is 1. The van der Waals surface area contributed by atoms with E-state index >= 15 is 0 Å². The predicted octanol–water partition coefficient (Wildman–Crippen LogP) is 2.42. The monoisotopic (exact) mass is 371 g/mol. The van der Waals surface area contributed by atoms with Crippen molar-refractivity contribution in [3.05, 3.63) is 35.5 Å². The van der Waals surface area contributed by atoms with Crippen LogP contribution in [-0.4, -0.2) is 31.2 Å². The Morgan fingerprint density at radius 2 is 2.04 bits per heavy atom. The van der Waals surface area contributed by atoms with Gasteiger partial charge in [0.25, 0.3) is 0 Å². The molecule has 0 radical (unpaired) electrons. The van der Waals surface area contributed by atoms with Gasteiger partial charge in [0.1, 0.15) is 0 Å². The first-order valence-corrected chi connectivity index (χ1v) is 10.1. The Labute approximate surface area is 146 Å². The van der Waals surface area contributed by atoms with Crippen LogP contribution in [0.15, 0.2) is 18.3 Å². The number of hydrogen-bond acceptors (Lipinski definition) is 3. The maximum Gasteiger partial charge on any atom is 0.212 e. The highest BCUT2D eigenvalue weighted by Gasteiger charge is 2.27. The van der Waals surface area contributed by atoms with Gasteiger partial charge in [0.05, 0.1) is 5.75 Å². The molecule has 1 aliphatic carbocycles. The molecule has 0 spiro atoms. The Balaban J connectivity index is 1.66. The third kappa shape index (κ3) is 4.37. The van der Waals surface area contributed by atoms with Crippen molar-refractivity contribution in [2.24, 2.45) is 11.7 Å². The smallest absolute Gasteiger partial charge is 0.212 e. The molecule has 138 valence electrons. The van der Waals surface area contributed by atoms with Crippen molar-refractivity contribution < 1.29 is 17.2 Å². The van der Waals surface area contributed by atoms with Gasteiger partial charge in [0, 0.05) is 35.2 Å². The second-order valence-electron chi connectivity index (χ2n) is 7.07. The van der Waals surface area contributed by atoms with Crippen LogP contribution in [0.5, 0.6) is 0 Å². The predicted molar refractivity (Wildman–Crippen MR) is 93.6 cm³/mol. The van der Waals surface area contributed by atoms with E-state index in [1.807, 2.05) is 0 Å². The van der Waals surface area contributed by atoms with E-state index in [0.29, 0.717) is 17.3 Å². The third-order valence-corrected chi connectivity index (χ3v) is 6.42. The van der Waals surface area contributed by atoms with E-state index in [1.165, 1.54) is 0 Å². The number of benzene rings is 1. The SMILES string of the molecule is CC(Cc1c[nH]c2cc(F)c(F)cc12)NS(=O)(=O)C[C@@H]1CC[C@H](N)C1. The number of nitrogens with one attached hydrogen (secondary N) is 2. The Morgan fingerprint density at radius 1 is 1.32 bits per heavy atom. The van der Waals surface area contributed by atoms with E-state index in [9.17, 15) is 17.2 Å². The molecule has 0 bridgehead atoms. The van der Waals surface area contributed by atoms with Crippen LogP contribution in [0.3, 0.4) is 0 Å². The van der Waals surface area contributed by atoms with Crippen LogP contribution in [0.4, 0.5) is 8.78 Å². The maximum atomic E-state index is 13.5. The normalized spacial score (nSPS) is 22.6. The zero-order valence-electron chi connectivity index (χ0n) is 14.1. The van der Waals surface area contributed by atoms with Crippen molar-refractivity contribution in [3.8, 4) is 0 Å². The molecule has 0 saturated heterocycles. The van der Waals surface area contributed by atoms with E-state index in [4.69, 9.17) is 5.73 Å². The number of H-pyrrole nitrogens is 1. The summed E-state index contributed by atoms with van der Waals surface area (Å²) in [6.07, 6.45) is 4.48. The van der Waals surface area contributed by atoms with Crippen LogP contribution >= 0.6 is 0 Å². The van der Waals surface area contributed by atoms with Crippen LogP contribution in [0, 0.1) is 17.6 Å². The molecule has 8 heteroatoms. The van der Waals surface area contributed by atoms with Gasteiger partial charge in [-0.05, 0) is 50.2 Å². The van der Waals surface area contributed by atoms with Gasteiger partial charge in [-0.3, -0.25) is 0 Å². The first-order chi connectivity index (χ1) is 11.7. The Hall–Kier alpha value is -1.51. The zero-order valence-corrected chi connectivity index (χ0v) is 14.9. The molecule has 3 rings (SSSR count). The van der Waals surface area contributed by atoms with Gasteiger partial charge in [-0.25, -0.2) is 21.9 Å². The van der Waals surface area contributed by atoms with Gasteiger partial charge < -0.3 is 10.7 Å². The summed E-state index contributed by atoms with van der Waals surface area (Å²) >= 11 is 0. The molecule has 3 atom stereocenters. The number of hydrogen-bond donors (Lipinski definition) is 3. The maximum absolute atomic E-state index is 13.5. The van der Waals surface area contributed by atoms with Gasteiger partial charge in [-0.2, -0.15) is 0 Å². The van der Waals surface area contributed by atoms with Gasteiger partial charge >= 0.3 is 0 Å². The Kier molecular flexibility index (Phi) is 5.13. The summed E-state index contributed by atoms with van der Waals surface area (Å²) < 4.78 is 54.1. The highest BCUT2D eigenvalue weighted by atomic mass is 32.2. The van der Waals surface area contributed by atoms with Crippen LogP contribution in [0.25, 0.3) is 10.9 Å². The molecule has 2 aromatic rings. The average molecular weight is 371 g/mol. The molecular weight excluding hydrogens is 348 g/mol. The van der Waals surface area contributed by atoms with Crippen molar-refractivity contribution in [2.75, 3.05) is 5.75 Å². The van der Waals surface area contributed by atoms with Crippen molar-refractivity contribution in [2.45, 2.75) is 44.7 Å². The molecule has 1 unspecified atom stereocenters. The lowest BCUT2D eigenvalue weighted by molar-refractivity contribution is 0.510. The van der Waals surface area contributed by atoms with Crippen LogP contribution < -0.4 is 10.5 Å². The molecule has 1 aromatic carbocycles.